The number of hydrogen-bond donors (Lipinski definition) is 1. The van der Waals surface area contributed by atoms with Gasteiger partial charge in [0, 0.05) is 43.6 Å². The SMILES string of the molecule is C[C@@H]1CN(c2cc[nH]c(=O)c2)CCN1C(=O)OC(C)(C)C. The van der Waals surface area contributed by atoms with E-state index in [4.69, 9.17) is 4.74 Å². The van der Waals surface area contributed by atoms with Gasteiger partial charge < -0.3 is 19.5 Å². The highest BCUT2D eigenvalue weighted by Crippen LogP contribution is 2.19. The summed E-state index contributed by atoms with van der Waals surface area (Å²) in [5.74, 6) is 0. The summed E-state index contributed by atoms with van der Waals surface area (Å²) in [6, 6.07) is 3.49. The number of hydrogen-bond acceptors (Lipinski definition) is 4. The Bertz CT molecular complexity index is 562. The van der Waals surface area contributed by atoms with Gasteiger partial charge in [-0.1, -0.05) is 0 Å². The van der Waals surface area contributed by atoms with Gasteiger partial charge in [-0.15, -0.1) is 0 Å². The highest BCUT2D eigenvalue weighted by molar-refractivity contribution is 5.69. The maximum absolute atomic E-state index is 12.2. The van der Waals surface area contributed by atoms with Crippen LogP contribution < -0.4 is 10.5 Å². The van der Waals surface area contributed by atoms with Crippen molar-refractivity contribution in [2.45, 2.75) is 39.3 Å². The quantitative estimate of drug-likeness (QED) is 0.858. The lowest BCUT2D eigenvalue weighted by Crippen LogP contribution is -2.55. The molecule has 21 heavy (non-hydrogen) atoms. The molecule has 1 aromatic rings. The van der Waals surface area contributed by atoms with Crippen LogP contribution in [0.1, 0.15) is 27.7 Å². The molecule has 1 atom stereocenters. The van der Waals surface area contributed by atoms with Crippen molar-refractivity contribution in [2.75, 3.05) is 24.5 Å². The molecule has 2 heterocycles. The van der Waals surface area contributed by atoms with Crippen LogP contribution in [0, 0.1) is 0 Å². The van der Waals surface area contributed by atoms with E-state index < -0.39 is 5.60 Å². The van der Waals surface area contributed by atoms with E-state index in [1.54, 1.807) is 17.2 Å². The number of piperazine rings is 1. The largest absolute Gasteiger partial charge is 0.444 e. The van der Waals surface area contributed by atoms with E-state index in [0.717, 1.165) is 5.69 Å². The molecule has 0 unspecified atom stereocenters. The van der Waals surface area contributed by atoms with Crippen LogP contribution in [0.3, 0.4) is 0 Å². The summed E-state index contributed by atoms with van der Waals surface area (Å²) in [6.45, 7) is 9.54. The van der Waals surface area contributed by atoms with Gasteiger partial charge in [0.15, 0.2) is 0 Å². The summed E-state index contributed by atoms with van der Waals surface area (Å²) in [6.07, 6.45) is 1.36. The number of carbonyl (C=O) groups is 1. The fraction of sp³-hybridized carbons (Fsp3) is 0.600. The van der Waals surface area contributed by atoms with Crippen LogP contribution >= 0.6 is 0 Å². The number of aromatic amines is 1. The first-order valence-electron chi connectivity index (χ1n) is 7.19. The smallest absolute Gasteiger partial charge is 0.410 e. The first kappa shape index (κ1) is 15.4. The lowest BCUT2D eigenvalue weighted by atomic mass is 10.1. The molecular weight excluding hydrogens is 270 g/mol. The Hall–Kier alpha value is -1.98. The van der Waals surface area contributed by atoms with Crippen molar-refractivity contribution < 1.29 is 9.53 Å². The average Bonchev–Trinajstić information content (AvgIpc) is 2.36. The van der Waals surface area contributed by atoms with E-state index in [0.29, 0.717) is 19.6 Å². The lowest BCUT2D eigenvalue weighted by molar-refractivity contribution is 0.0159. The van der Waals surface area contributed by atoms with Gasteiger partial charge in [0.2, 0.25) is 5.56 Å². The van der Waals surface area contributed by atoms with Gasteiger partial charge in [-0.05, 0) is 33.8 Å². The number of amides is 1. The molecule has 6 nitrogen and oxygen atoms in total. The minimum atomic E-state index is -0.485. The molecule has 1 aliphatic rings. The number of ether oxygens (including phenoxy) is 1. The van der Waals surface area contributed by atoms with E-state index in [2.05, 4.69) is 9.88 Å². The van der Waals surface area contributed by atoms with Crippen LogP contribution in [0.5, 0.6) is 0 Å². The van der Waals surface area contributed by atoms with Crippen LogP contribution in [0.25, 0.3) is 0 Å². The summed E-state index contributed by atoms with van der Waals surface area (Å²) in [4.78, 5) is 30.0. The summed E-state index contributed by atoms with van der Waals surface area (Å²) >= 11 is 0. The number of rotatable bonds is 1. The molecule has 6 heteroatoms. The van der Waals surface area contributed by atoms with Crippen LogP contribution in [0.15, 0.2) is 23.1 Å². The van der Waals surface area contributed by atoms with Gasteiger partial charge in [0.05, 0.1) is 0 Å². The normalized spacial score (nSPS) is 19.5. The highest BCUT2D eigenvalue weighted by atomic mass is 16.6. The van der Waals surface area contributed by atoms with E-state index in [9.17, 15) is 9.59 Å². The van der Waals surface area contributed by atoms with Crippen molar-refractivity contribution in [3.8, 4) is 0 Å². The van der Waals surface area contributed by atoms with Gasteiger partial charge in [-0.25, -0.2) is 4.79 Å². The first-order valence-corrected chi connectivity index (χ1v) is 7.19. The van der Waals surface area contributed by atoms with Crippen LogP contribution in [0.4, 0.5) is 10.5 Å². The predicted octanol–water partition coefficient (Wildman–Crippen LogP) is 1.82. The van der Waals surface area contributed by atoms with Gasteiger partial charge in [0.1, 0.15) is 5.60 Å². The maximum atomic E-state index is 12.2. The van der Waals surface area contributed by atoms with Crippen molar-refractivity contribution in [3.05, 3.63) is 28.7 Å². The fourth-order valence-corrected chi connectivity index (χ4v) is 2.41. The molecule has 1 saturated heterocycles. The Kier molecular flexibility index (Phi) is 4.25. The Balaban J connectivity index is 2.02. The van der Waals surface area contributed by atoms with Gasteiger partial charge in [-0.3, -0.25) is 4.79 Å². The van der Waals surface area contributed by atoms with Crippen LogP contribution in [-0.2, 0) is 4.74 Å². The fourth-order valence-electron chi connectivity index (χ4n) is 2.41. The van der Waals surface area contributed by atoms with Gasteiger partial charge in [0.25, 0.3) is 0 Å². The Morgan fingerprint density at radius 3 is 2.67 bits per heavy atom. The lowest BCUT2D eigenvalue weighted by Gasteiger charge is -2.41. The number of H-pyrrole nitrogens is 1. The Labute approximate surface area is 124 Å². The Morgan fingerprint density at radius 2 is 2.10 bits per heavy atom. The Morgan fingerprint density at radius 1 is 1.38 bits per heavy atom. The molecule has 0 aromatic carbocycles. The number of nitrogens with zero attached hydrogens (tertiary/aromatic N) is 2. The number of nitrogens with one attached hydrogen (secondary N) is 1. The minimum absolute atomic E-state index is 0.0351. The van der Waals surface area contributed by atoms with Gasteiger partial charge >= 0.3 is 6.09 Å². The van der Waals surface area contributed by atoms with E-state index >= 15 is 0 Å². The molecule has 1 fully saturated rings. The molecular formula is C15H23N3O3. The molecule has 1 aliphatic heterocycles. The molecule has 2 rings (SSSR count). The third-order valence-corrected chi connectivity index (χ3v) is 3.38. The minimum Gasteiger partial charge on any atom is -0.444 e. The number of anilines is 1. The molecule has 1 amide bonds. The third kappa shape index (κ3) is 4.00. The molecule has 1 N–H and O–H groups in total. The van der Waals surface area contributed by atoms with E-state index in [1.165, 1.54) is 0 Å². The second-order valence-corrected chi connectivity index (χ2v) is 6.38. The predicted molar refractivity (Wildman–Crippen MR) is 81.7 cm³/mol. The standard InChI is InChI=1S/C15H23N3O3/c1-11-10-17(12-5-6-16-13(19)9-12)7-8-18(11)14(20)21-15(2,3)4/h5-6,9,11H,7-8,10H2,1-4H3,(H,16,19)/t11-/m1/s1. The number of aromatic nitrogens is 1. The van der Waals surface area contributed by atoms with Crippen molar-refractivity contribution in [1.29, 1.82) is 0 Å². The molecule has 0 spiro atoms. The van der Waals surface area contributed by atoms with Crippen molar-refractivity contribution >= 4 is 11.8 Å². The molecule has 116 valence electrons. The summed E-state index contributed by atoms with van der Waals surface area (Å²) in [5, 5.41) is 0. The zero-order chi connectivity index (χ0) is 15.6. The van der Waals surface area contributed by atoms with Crippen molar-refractivity contribution in [3.63, 3.8) is 0 Å². The van der Waals surface area contributed by atoms with E-state index in [-0.39, 0.29) is 17.7 Å². The molecule has 1 aromatic heterocycles. The number of carbonyl (C=O) groups excluding carboxylic acids is 1. The zero-order valence-corrected chi connectivity index (χ0v) is 13.0. The summed E-state index contributed by atoms with van der Waals surface area (Å²) in [7, 11) is 0. The number of pyridine rings is 1. The van der Waals surface area contributed by atoms with E-state index in [1.807, 2.05) is 33.8 Å². The third-order valence-electron chi connectivity index (χ3n) is 3.38. The maximum Gasteiger partial charge on any atom is 0.410 e. The molecule has 0 saturated carbocycles. The molecule has 0 aliphatic carbocycles. The average molecular weight is 293 g/mol. The highest BCUT2D eigenvalue weighted by Gasteiger charge is 2.30. The molecule has 0 radical (unpaired) electrons. The summed E-state index contributed by atoms with van der Waals surface area (Å²) in [5.41, 5.74) is 0.282. The van der Waals surface area contributed by atoms with Crippen molar-refractivity contribution in [1.82, 2.24) is 9.88 Å². The second-order valence-electron chi connectivity index (χ2n) is 6.38. The molecule has 0 bridgehead atoms. The summed E-state index contributed by atoms with van der Waals surface area (Å²) < 4.78 is 5.42. The van der Waals surface area contributed by atoms with Crippen molar-refractivity contribution in [2.24, 2.45) is 0 Å². The second kappa shape index (κ2) is 5.79. The van der Waals surface area contributed by atoms with Crippen LogP contribution in [0.2, 0.25) is 0 Å². The zero-order valence-electron chi connectivity index (χ0n) is 13.0. The monoisotopic (exact) mass is 293 g/mol. The van der Waals surface area contributed by atoms with Gasteiger partial charge in [-0.2, -0.15) is 0 Å². The topological polar surface area (TPSA) is 65.6 Å². The first-order chi connectivity index (χ1) is 9.76. The van der Waals surface area contributed by atoms with Crippen LogP contribution in [-0.4, -0.2) is 47.3 Å².